The predicted octanol–water partition coefficient (Wildman–Crippen LogP) is 0.942. The van der Waals surface area contributed by atoms with Gasteiger partial charge in [-0.1, -0.05) is 18.2 Å². The molecule has 23 heavy (non-hydrogen) atoms. The van der Waals surface area contributed by atoms with Crippen molar-refractivity contribution in [3.63, 3.8) is 0 Å². The Kier molecular flexibility index (Phi) is 6.56. The minimum Gasteiger partial charge on any atom is -0.356 e. The number of amides is 1. The first-order chi connectivity index (χ1) is 11.1. The standard InChI is InChI=1S/C16H25N3O3S/c17-10-4-5-11-18-16(20)14-7-6-12-19(13-14)23(21,22)15-8-2-1-3-9-15/h1-3,8-9,14H,4-7,10-13,17H2,(H,18,20). The fraction of sp³-hybridized carbons (Fsp3) is 0.562. The van der Waals surface area contributed by atoms with Gasteiger partial charge in [0.15, 0.2) is 0 Å². The topological polar surface area (TPSA) is 92.5 Å². The van der Waals surface area contributed by atoms with E-state index >= 15 is 0 Å². The number of carbonyl (C=O) groups excluding carboxylic acids is 1. The molecule has 1 aromatic carbocycles. The molecule has 1 amide bonds. The molecule has 0 spiro atoms. The highest BCUT2D eigenvalue weighted by molar-refractivity contribution is 7.89. The Labute approximate surface area is 138 Å². The van der Waals surface area contributed by atoms with Crippen LogP contribution in [0.4, 0.5) is 0 Å². The molecule has 1 aliphatic rings. The second-order valence-corrected chi connectivity index (χ2v) is 7.74. The van der Waals surface area contributed by atoms with Crippen molar-refractivity contribution >= 4 is 15.9 Å². The van der Waals surface area contributed by atoms with Gasteiger partial charge in [-0.15, -0.1) is 0 Å². The number of rotatable bonds is 7. The monoisotopic (exact) mass is 339 g/mol. The van der Waals surface area contributed by atoms with E-state index in [1.54, 1.807) is 30.3 Å². The van der Waals surface area contributed by atoms with E-state index in [2.05, 4.69) is 5.32 Å². The Morgan fingerprint density at radius 1 is 1.26 bits per heavy atom. The summed E-state index contributed by atoms with van der Waals surface area (Å²) in [6.07, 6.45) is 3.15. The van der Waals surface area contributed by atoms with Gasteiger partial charge in [-0.2, -0.15) is 4.31 Å². The molecule has 1 aliphatic heterocycles. The molecule has 1 fully saturated rings. The fourth-order valence-corrected chi connectivity index (χ4v) is 4.29. The van der Waals surface area contributed by atoms with Gasteiger partial charge < -0.3 is 11.1 Å². The lowest BCUT2D eigenvalue weighted by Gasteiger charge is -2.31. The van der Waals surface area contributed by atoms with Crippen molar-refractivity contribution in [2.24, 2.45) is 11.7 Å². The number of benzene rings is 1. The molecule has 0 bridgehead atoms. The van der Waals surface area contributed by atoms with Gasteiger partial charge in [-0.05, 0) is 44.4 Å². The van der Waals surface area contributed by atoms with E-state index in [1.165, 1.54) is 4.31 Å². The Hall–Kier alpha value is -1.44. The predicted molar refractivity (Wildman–Crippen MR) is 89.2 cm³/mol. The Morgan fingerprint density at radius 2 is 2.00 bits per heavy atom. The summed E-state index contributed by atoms with van der Waals surface area (Å²) >= 11 is 0. The molecule has 3 N–H and O–H groups in total. The van der Waals surface area contributed by atoms with E-state index in [0.29, 0.717) is 26.1 Å². The van der Waals surface area contributed by atoms with Crippen molar-refractivity contribution in [2.75, 3.05) is 26.2 Å². The smallest absolute Gasteiger partial charge is 0.243 e. The highest BCUT2D eigenvalue weighted by atomic mass is 32.2. The van der Waals surface area contributed by atoms with Crippen molar-refractivity contribution in [2.45, 2.75) is 30.6 Å². The highest BCUT2D eigenvalue weighted by Crippen LogP contribution is 2.23. The second-order valence-electron chi connectivity index (χ2n) is 5.80. The summed E-state index contributed by atoms with van der Waals surface area (Å²) in [6, 6.07) is 8.38. The van der Waals surface area contributed by atoms with E-state index in [0.717, 1.165) is 19.3 Å². The maximum Gasteiger partial charge on any atom is 0.243 e. The lowest BCUT2D eigenvalue weighted by atomic mass is 9.99. The van der Waals surface area contributed by atoms with Crippen LogP contribution in [0, 0.1) is 5.92 Å². The van der Waals surface area contributed by atoms with Gasteiger partial charge in [0.05, 0.1) is 10.8 Å². The molecule has 2 rings (SSSR count). The summed E-state index contributed by atoms with van der Waals surface area (Å²) in [7, 11) is -3.52. The molecule has 0 radical (unpaired) electrons. The summed E-state index contributed by atoms with van der Waals surface area (Å²) < 4.78 is 26.7. The van der Waals surface area contributed by atoms with Gasteiger partial charge in [0.25, 0.3) is 0 Å². The maximum atomic E-state index is 12.6. The van der Waals surface area contributed by atoms with Crippen LogP contribution in [0.15, 0.2) is 35.2 Å². The number of unbranched alkanes of at least 4 members (excludes halogenated alkanes) is 1. The summed E-state index contributed by atoms with van der Waals surface area (Å²) in [6.45, 7) is 1.93. The minimum absolute atomic E-state index is 0.0602. The molecule has 1 heterocycles. The van der Waals surface area contributed by atoms with Gasteiger partial charge in [0, 0.05) is 19.6 Å². The van der Waals surface area contributed by atoms with Crippen molar-refractivity contribution in [3.05, 3.63) is 30.3 Å². The number of piperidine rings is 1. The number of hydrogen-bond donors (Lipinski definition) is 2. The van der Waals surface area contributed by atoms with Crippen LogP contribution >= 0.6 is 0 Å². The number of hydrogen-bond acceptors (Lipinski definition) is 4. The fourth-order valence-electron chi connectivity index (χ4n) is 2.74. The van der Waals surface area contributed by atoms with Gasteiger partial charge in [-0.3, -0.25) is 4.79 Å². The lowest BCUT2D eigenvalue weighted by molar-refractivity contribution is -0.126. The number of nitrogens with one attached hydrogen (secondary N) is 1. The Morgan fingerprint density at radius 3 is 2.70 bits per heavy atom. The molecule has 1 atom stereocenters. The molecule has 1 aromatic rings. The zero-order valence-electron chi connectivity index (χ0n) is 13.3. The first-order valence-electron chi connectivity index (χ1n) is 8.08. The molecular formula is C16H25N3O3S. The zero-order chi connectivity index (χ0) is 16.7. The van der Waals surface area contributed by atoms with Crippen molar-refractivity contribution < 1.29 is 13.2 Å². The Bertz CT molecular complexity index is 604. The number of nitrogens with zero attached hydrogens (tertiary/aromatic N) is 1. The van der Waals surface area contributed by atoms with Crippen LogP contribution in [0.1, 0.15) is 25.7 Å². The van der Waals surface area contributed by atoms with E-state index in [-0.39, 0.29) is 23.3 Å². The van der Waals surface area contributed by atoms with Gasteiger partial charge in [0.1, 0.15) is 0 Å². The van der Waals surface area contributed by atoms with Crippen LogP contribution in [0.5, 0.6) is 0 Å². The zero-order valence-corrected chi connectivity index (χ0v) is 14.1. The highest BCUT2D eigenvalue weighted by Gasteiger charge is 2.32. The van der Waals surface area contributed by atoms with Gasteiger partial charge >= 0.3 is 0 Å². The summed E-state index contributed by atoms with van der Waals surface area (Å²) in [5.41, 5.74) is 5.42. The molecule has 6 nitrogen and oxygen atoms in total. The molecule has 0 aliphatic carbocycles. The molecule has 1 saturated heterocycles. The molecule has 7 heteroatoms. The SMILES string of the molecule is NCCCCNC(=O)C1CCCN(S(=O)(=O)c2ccccc2)C1. The van der Waals surface area contributed by atoms with E-state index in [1.807, 2.05) is 0 Å². The quantitative estimate of drug-likeness (QED) is 0.723. The molecular weight excluding hydrogens is 314 g/mol. The van der Waals surface area contributed by atoms with Crippen LogP contribution in [0.2, 0.25) is 0 Å². The Balaban J connectivity index is 1.96. The van der Waals surface area contributed by atoms with E-state index in [9.17, 15) is 13.2 Å². The maximum absolute atomic E-state index is 12.6. The second kappa shape index (κ2) is 8.42. The number of carbonyl (C=O) groups is 1. The van der Waals surface area contributed by atoms with Crippen molar-refractivity contribution in [1.82, 2.24) is 9.62 Å². The first-order valence-corrected chi connectivity index (χ1v) is 9.52. The third-order valence-corrected chi connectivity index (χ3v) is 5.95. The van der Waals surface area contributed by atoms with E-state index < -0.39 is 10.0 Å². The average Bonchev–Trinajstić information content (AvgIpc) is 2.59. The third kappa shape index (κ3) is 4.76. The number of sulfonamides is 1. The van der Waals surface area contributed by atoms with Gasteiger partial charge in [0.2, 0.25) is 15.9 Å². The molecule has 0 aromatic heterocycles. The molecule has 128 valence electrons. The first kappa shape index (κ1) is 17.9. The largest absolute Gasteiger partial charge is 0.356 e. The van der Waals surface area contributed by atoms with Crippen molar-refractivity contribution in [3.8, 4) is 0 Å². The normalized spacial score (nSPS) is 19.4. The minimum atomic E-state index is -3.52. The van der Waals surface area contributed by atoms with E-state index in [4.69, 9.17) is 5.73 Å². The summed E-state index contributed by atoms with van der Waals surface area (Å²) in [5.74, 6) is -0.338. The van der Waals surface area contributed by atoms with Crippen LogP contribution in [-0.4, -0.2) is 44.8 Å². The van der Waals surface area contributed by atoms with Crippen LogP contribution in [-0.2, 0) is 14.8 Å². The molecule has 0 saturated carbocycles. The number of nitrogens with two attached hydrogens (primary N) is 1. The van der Waals surface area contributed by atoms with Crippen molar-refractivity contribution in [1.29, 1.82) is 0 Å². The van der Waals surface area contributed by atoms with Crippen LogP contribution in [0.25, 0.3) is 0 Å². The average molecular weight is 339 g/mol. The summed E-state index contributed by atoms with van der Waals surface area (Å²) in [4.78, 5) is 12.5. The van der Waals surface area contributed by atoms with Crippen LogP contribution < -0.4 is 11.1 Å². The summed E-state index contributed by atoms with van der Waals surface area (Å²) in [5, 5.41) is 2.88. The van der Waals surface area contributed by atoms with Crippen LogP contribution in [0.3, 0.4) is 0 Å². The third-order valence-electron chi connectivity index (χ3n) is 4.07. The molecule has 1 unspecified atom stereocenters. The van der Waals surface area contributed by atoms with Gasteiger partial charge in [-0.25, -0.2) is 8.42 Å². The lowest BCUT2D eigenvalue weighted by Crippen LogP contribution is -2.45.